The van der Waals surface area contributed by atoms with Crippen LogP contribution in [0.3, 0.4) is 0 Å². The first-order chi connectivity index (χ1) is 7.72. The molecule has 0 bridgehead atoms. The van der Waals surface area contributed by atoms with Gasteiger partial charge in [0.2, 0.25) is 0 Å². The molecule has 0 aromatic carbocycles. The average molecular weight is 295 g/mol. The second-order valence-electron chi connectivity index (χ2n) is 4.58. The first kappa shape index (κ1) is 15.3. The number of nitrogens with two attached hydrogens (primary N) is 1. The molecule has 0 amide bonds. The molecule has 1 fully saturated rings. The number of thiophene rings is 1. The molecule has 0 spiro atoms. The monoisotopic (exact) mass is 294 g/mol. The van der Waals surface area contributed by atoms with Gasteiger partial charge in [-0.05, 0) is 36.8 Å². The number of nitrogens with zero attached hydrogens (tertiary/aromatic N) is 1. The van der Waals surface area contributed by atoms with Gasteiger partial charge >= 0.3 is 0 Å². The predicted molar refractivity (Wildman–Crippen MR) is 78.2 cm³/mol. The van der Waals surface area contributed by atoms with Gasteiger partial charge in [0, 0.05) is 24.0 Å². The molecule has 1 aliphatic heterocycles. The molecule has 98 valence electrons. The second-order valence-corrected chi connectivity index (χ2v) is 5.99. The zero-order valence-corrected chi connectivity index (χ0v) is 12.5. The van der Waals surface area contributed by atoms with Crippen molar-refractivity contribution in [3.63, 3.8) is 0 Å². The summed E-state index contributed by atoms with van der Waals surface area (Å²) in [4.78, 5) is 3.76. The van der Waals surface area contributed by atoms with E-state index in [1.807, 2.05) is 6.07 Å². The first-order valence-electron chi connectivity index (χ1n) is 5.88. The van der Waals surface area contributed by atoms with Gasteiger partial charge in [0.1, 0.15) is 0 Å². The number of halogens is 2. The van der Waals surface area contributed by atoms with Gasteiger partial charge in [-0.3, -0.25) is 4.90 Å². The van der Waals surface area contributed by atoms with Crippen LogP contribution in [0.1, 0.15) is 24.6 Å². The molecule has 17 heavy (non-hydrogen) atoms. The molecule has 5 heteroatoms. The maximum atomic E-state index is 6.14. The van der Waals surface area contributed by atoms with E-state index >= 15 is 0 Å². The van der Waals surface area contributed by atoms with E-state index in [0.29, 0.717) is 12.0 Å². The lowest BCUT2D eigenvalue weighted by atomic mass is 9.91. The molecule has 2 heterocycles. The molecule has 2 rings (SSSR count). The van der Waals surface area contributed by atoms with E-state index in [1.54, 1.807) is 11.3 Å². The molecule has 1 aromatic rings. The summed E-state index contributed by atoms with van der Waals surface area (Å²) in [6.45, 7) is 5.17. The highest BCUT2D eigenvalue weighted by atomic mass is 35.5. The summed E-state index contributed by atoms with van der Waals surface area (Å²) < 4.78 is 0. The highest BCUT2D eigenvalue weighted by Crippen LogP contribution is 2.28. The standard InChI is InChI=1S/C12H19ClN2S.ClH/c1-9-3-2-5-15(11(9)7-14)8-12-10(13)4-6-16-12;/h4,6,9,11H,2-3,5,7-8,14H2,1H3;1H. The molecule has 1 aliphatic rings. The minimum absolute atomic E-state index is 0. The van der Waals surface area contributed by atoms with Crippen LogP contribution in [0.5, 0.6) is 0 Å². The molecule has 1 aromatic heterocycles. The lowest BCUT2D eigenvalue weighted by molar-refractivity contribution is 0.100. The van der Waals surface area contributed by atoms with Gasteiger partial charge in [0.15, 0.2) is 0 Å². The fourth-order valence-electron chi connectivity index (χ4n) is 2.53. The van der Waals surface area contributed by atoms with E-state index in [-0.39, 0.29) is 12.4 Å². The van der Waals surface area contributed by atoms with Crippen LogP contribution in [0.25, 0.3) is 0 Å². The van der Waals surface area contributed by atoms with Crippen molar-refractivity contribution in [3.05, 3.63) is 21.3 Å². The Balaban J connectivity index is 0.00000144. The Morgan fingerprint density at radius 3 is 2.94 bits per heavy atom. The number of likely N-dealkylation sites (tertiary alicyclic amines) is 1. The van der Waals surface area contributed by atoms with Gasteiger partial charge in [-0.2, -0.15) is 0 Å². The van der Waals surface area contributed by atoms with E-state index in [9.17, 15) is 0 Å². The molecule has 2 atom stereocenters. The van der Waals surface area contributed by atoms with Crippen molar-refractivity contribution in [3.8, 4) is 0 Å². The number of hydrogen-bond donors (Lipinski definition) is 1. The summed E-state index contributed by atoms with van der Waals surface area (Å²) >= 11 is 7.88. The van der Waals surface area contributed by atoms with Crippen LogP contribution in [0.4, 0.5) is 0 Å². The smallest absolute Gasteiger partial charge is 0.0558 e. The summed E-state index contributed by atoms with van der Waals surface area (Å²) in [6.07, 6.45) is 2.58. The Hall–Kier alpha value is 0.200. The van der Waals surface area contributed by atoms with Crippen LogP contribution < -0.4 is 5.73 Å². The Morgan fingerprint density at radius 2 is 2.35 bits per heavy atom. The Labute approximate surface area is 119 Å². The molecular formula is C12H20Cl2N2S. The largest absolute Gasteiger partial charge is 0.329 e. The summed E-state index contributed by atoms with van der Waals surface area (Å²) in [5.41, 5.74) is 5.88. The fraction of sp³-hybridized carbons (Fsp3) is 0.667. The van der Waals surface area contributed by atoms with Crippen molar-refractivity contribution in [2.24, 2.45) is 11.7 Å². The van der Waals surface area contributed by atoms with Crippen molar-refractivity contribution in [1.29, 1.82) is 0 Å². The molecule has 1 saturated heterocycles. The lowest BCUT2D eigenvalue weighted by Crippen LogP contribution is -2.47. The van der Waals surface area contributed by atoms with E-state index in [4.69, 9.17) is 17.3 Å². The lowest BCUT2D eigenvalue weighted by Gasteiger charge is -2.39. The van der Waals surface area contributed by atoms with Crippen LogP contribution in [0.2, 0.25) is 5.02 Å². The van der Waals surface area contributed by atoms with Crippen LogP contribution in [-0.4, -0.2) is 24.0 Å². The van der Waals surface area contributed by atoms with E-state index in [2.05, 4.69) is 17.2 Å². The summed E-state index contributed by atoms with van der Waals surface area (Å²) in [7, 11) is 0. The molecule has 0 aliphatic carbocycles. The zero-order chi connectivity index (χ0) is 11.5. The summed E-state index contributed by atoms with van der Waals surface area (Å²) in [5.74, 6) is 0.706. The van der Waals surface area contributed by atoms with Gasteiger partial charge in [-0.1, -0.05) is 18.5 Å². The van der Waals surface area contributed by atoms with Crippen LogP contribution >= 0.6 is 35.3 Å². The Morgan fingerprint density at radius 1 is 1.59 bits per heavy atom. The second kappa shape index (κ2) is 6.95. The number of rotatable bonds is 3. The van der Waals surface area contributed by atoms with Crippen LogP contribution in [0, 0.1) is 5.92 Å². The third-order valence-electron chi connectivity index (χ3n) is 3.51. The molecule has 2 N–H and O–H groups in total. The highest BCUT2D eigenvalue weighted by molar-refractivity contribution is 7.10. The third-order valence-corrected chi connectivity index (χ3v) is 4.88. The number of hydrogen-bond acceptors (Lipinski definition) is 3. The van der Waals surface area contributed by atoms with Gasteiger partial charge in [-0.25, -0.2) is 0 Å². The summed E-state index contributed by atoms with van der Waals surface area (Å²) in [6, 6.07) is 2.50. The maximum Gasteiger partial charge on any atom is 0.0558 e. The highest BCUT2D eigenvalue weighted by Gasteiger charge is 2.27. The van der Waals surface area contributed by atoms with Crippen LogP contribution in [0.15, 0.2) is 11.4 Å². The normalized spacial score (nSPS) is 25.6. The van der Waals surface area contributed by atoms with Crippen molar-refractivity contribution < 1.29 is 0 Å². The van der Waals surface area contributed by atoms with Gasteiger partial charge < -0.3 is 5.73 Å². The minimum atomic E-state index is 0. The fourth-order valence-corrected chi connectivity index (χ4v) is 3.65. The Bertz CT molecular complexity index is 343. The van der Waals surface area contributed by atoms with Crippen LogP contribution in [-0.2, 0) is 6.54 Å². The first-order valence-corrected chi connectivity index (χ1v) is 7.14. The SMILES string of the molecule is CC1CCCN(Cc2sccc2Cl)C1CN.Cl. The minimum Gasteiger partial charge on any atom is -0.329 e. The molecule has 0 radical (unpaired) electrons. The summed E-state index contributed by atoms with van der Waals surface area (Å²) in [5, 5.41) is 2.96. The molecular weight excluding hydrogens is 275 g/mol. The molecule has 2 unspecified atom stereocenters. The number of piperidine rings is 1. The molecule has 0 saturated carbocycles. The van der Waals surface area contributed by atoms with Gasteiger partial charge in [0.05, 0.1) is 5.02 Å². The van der Waals surface area contributed by atoms with Gasteiger partial charge in [0.25, 0.3) is 0 Å². The quantitative estimate of drug-likeness (QED) is 0.926. The van der Waals surface area contributed by atoms with Crippen molar-refractivity contribution in [1.82, 2.24) is 4.90 Å². The third kappa shape index (κ3) is 3.58. The van der Waals surface area contributed by atoms with E-state index < -0.39 is 0 Å². The van der Waals surface area contributed by atoms with Crippen molar-refractivity contribution in [2.45, 2.75) is 32.4 Å². The van der Waals surface area contributed by atoms with E-state index in [0.717, 1.165) is 24.7 Å². The van der Waals surface area contributed by atoms with Crippen molar-refractivity contribution >= 4 is 35.3 Å². The van der Waals surface area contributed by atoms with E-state index in [1.165, 1.54) is 17.7 Å². The van der Waals surface area contributed by atoms with Crippen molar-refractivity contribution in [2.75, 3.05) is 13.1 Å². The zero-order valence-electron chi connectivity index (χ0n) is 10.1. The van der Waals surface area contributed by atoms with Gasteiger partial charge in [-0.15, -0.1) is 23.7 Å². The Kier molecular flexibility index (Phi) is 6.24. The molecule has 2 nitrogen and oxygen atoms in total. The maximum absolute atomic E-state index is 6.14. The average Bonchev–Trinajstić information content (AvgIpc) is 2.65. The topological polar surface area (TPSA) is 29.3 Å². The predicted octanol–water partition coefficient (Wildman–Crippen LogP) is 3.38.